The summed E-state index contributed by atoms with van der Waals surface area (Å²) in [7, 11) is 0. The standard InChI is InChI=1S/C105H62BN3/c1-2-26-63(27-3-1)64-50-52-65(53-51-64)107-97-61-80-75-35-11-22-46-88(75)105(85-43-19-8-32-72(85)73-33-9-20-44-86(73)105)92(80)62-93(97)106-101-98(107)59-67(109-94-48-24-13-36-76(94)77-37-14-25-49-95(77)109)60-99(101)108(66-54-55-90-79(58-66)74-34-10-21-45-87(74)103(90)81-39-15-4-28-68(81)69-29-5-16-40-82(69)103)96-57-56-91-100(102(96)106)78-38-12-23-47-89(78)104(91)83-41-17-6-30-70(83)71-31-7-18-42-84(71)104/h1-62H. The fourth-order valence-electron chi connectivity index (χ4n) is 22.8. The highest BCUT2D eigenvalue weighted by Crippen LogP contribution is 2.68. The van der Waals surface area contributed by atoms with E-state index in [0.29, 0.717) is 0 Å². The van der Waals surface area contributed by atoms with E-state index in [-0.39, 0.29) is 6.71 Å². The summed E-state index contributed by atoms with van der Waals surface area (Å²) in [6, 6.07) is 146. The predicted molar refractivity (Wildman–Crippen MR) is 449 cm³/mol. The van der Waals surface area contributed by atoms with Gasteiger partial charge in [-0.2, -0.15) is 0 Å². The van der Waals surface area contributed by atoms with Crippen LogP contribution in [0.4, 0.5) is 34.1 Å². The lowest BCUT2D eigenvalue weighted by atomic mass is 9.32. The van der Waals surface area contributed by atoms with Gasteiger partial charge < -0.3 is 14.4 Å². The minimum atomic E-state index is -0.618. The zero-order valence-electron chi connectivity index (χ0n) is 59.2. The molecule has 2 aliphatic heterocycles. The zero-order chi connectivity index (χ0) is 70.7. The molecule has 8 aliphatic rings. The van der Waals surface area contributed by atoms with Crippen molar-refractivity contribution in [2.45, 2.75) is 16.2 Å². The minimum absolute atomic E-state index is 0.314. The molecule has 17 aromatic carbocycles. The highest BCUT2D eigenvalue weighted by Gasteiger charge is 2.58. The second kappa shape index (κ2) is 20.8. The van der Waals surface area contributed by atoms with Crippen molar-refractivity contribution in [2.24, 2.45) is 0 Å². The molecule has 3 spiro atoms. The van der Waals surface area contributed by atoms with Crippen molar-refractivity contribution in [3.05, 3.63) is 443 Å². The highest BCUT2D eigenvalue weighted by molar-refractivity contribution is 7.01. The van der Waals surface area contributed by atoms with Gasteiger partial charge in [0.25, 0.3) is 6.71 Å². The van der Waals surface area contributed by atoms with Crippen molar-refractivity contribution in [3.8, 4) is 83.6 Å². The Morgan fingerprint density at radius 1 is 0.202 bits per heavy atom. The largest absolute Gasteiger partial charge is 0.311 e. The van der Waals surface area contributed by atoms with Crippen molar-refractivity contribution in [1.82, 2.24) is 4.57 Å². The summed E-state index contributed by atoms with van der Waals surface area (Å²) < 4.78 is 2.56. The molecule has 0 radical (unpaired) electrons. The van der Waals surface area contributed by atoms with E-state index >= 15 is 0 Å². The molecule has 1 aromatic heterocycles. The lowest BCUT2D eigenvalue weighted by Gasteiger charge is -2.46. The van der Waals surface area contributed by atoms with Crippen LogP contribution in [-0.2, 0) is 16.2 Å². The molecule has 0 unspecified atom stereocenters. The van der Waals surface area contributed by atoms with Gasteiger partial charge in [-0.15, -0.1) is 0 Å². The van der Waals surface area contributed by atoms with E-state index in [1.807, 2.05) is 0 Å². The Balaban J connectivity index is 0.838. The summed E-state index contributed by atoms with van der Waals surface area (Å²) in [6.45, 7) is -0.314. The third-order valence-electron chi connectivity index (χ3n) is 26.6. The van der Waals surface area contributed by atoms with Crippen LogP contribution < -0.4 is 26.2 Å². The van der Waals surface area contributed by atoms with Gasteiger partial charge in [0.1, 0.15) is 0 Å². The summed E-state index contributed by atoms with van der Waals surface area (Å²) in [5, 5.41) is 2.45. The van der Waals surface area contributed by atoms with Crippen LogP contribution in [0.2, 0.25) is 0 Å². The molecule has 0 bridgehead atoms. The number of benzene rings is 17. The Hall–Kier alpha value is -13.8. The smallest absolute Gasteiger partial charge is 0.252 e. The molecule has 3 nitrogen and oxygen atoms in total. The van der Waals surface area contributed by atoms with E-state index < -0.39 is 16.2 Å². The van der Waals surface area contributed by atoms with Gasteiger partial charge in [0.05, 0.1) is 33.0 Å². The van der Waals surface area contributed by atoms with E-state index in [1.54, 1.807) is 0 Å². The molecule has 0 atom stereocenters. The lowest BCUT2D eigenvalue weighted by molar-refractivity contribution is 0.793. The third-order valence-corrected chi connectivity index (χ3v) is 26.6. The average Bonchev–Trinajstić information content (AvgIpc) is 1.50. The molecule has 18 aromatic rings. The van der Waals surface area contributed by atoms with Gasteiger partial charge in [0.2, 0.25) is 0 Å². The first kappa shape index (κ1) is 58.5. The van der Waals surface area contributed by atoms with Crippen LogP contribution in [0.1, 0.15) is 66.8 Å². The van der Waals surface area contributed by atoms with Gasteiger partial charge in [-0.25, -0.2) is 0 Å². The van der Waals surface area contributed by atoms with Crippen LogP contribution in [0.25, 0.3) is 105 Å². The molecule has 109 heavy (non-hydrogen) atoms. The van der Waals surface area contributed by atoms with Gasteiger partial charge in [-0.1, -0.05) is 315 Å². The Bertz CT molecular complexity index is 6960. The normalized spacial score (nSPS) is 15.0. The Labute approximate surface area is 631 Å². The van der Waals surface area contributed by atoms with Crippen LogP contribution in [0.3, 0.4) is 0 Å². The van der Waals surface area contributed by atoms with Gasteiger partial charge in [0, 0.05) is 44.9 Å². The highest BCUT2D eigenvalue weighted by atomic mass is 15.2. The molecule has 0 amide bonds. The minimum Gasteiger partial charge on any atom is -0.311 e. The number of rotatable bonds is 4. The molecular formula is C105H62BN3. The second-order valence-electron chi connectivity index (χ2n) is 31.1. The molecule has 6 aliphatic carbocycles. The molecule has 0 saturated carbocycles. The number of hydrogen-bond acceptors (Lipinski definition) is 2. The van der Waals surface area contributed by atoms with Crippen LogP contribution >= 0.6 is 0 Å². The Morgan fingerprint density at radius 2 is 0.550 bits per heavy atom. The van der Waals surface area contributed by atoms with Crippen molar-refractivity contribution >= 4 is 79.0 Å². The van der Waals surface area contributed by atoms with Crippen LogP contribution in [0, 0.1) is 0 Å². The molecule has 26 rings (SSSR count). The van der Waals surface area contributed by atoms with Crippen molar-refractivity contribution in [2.75, 3.05) is 9.80 Å². The first-order valence-electron chi connectivity index (χ1n) is 38.4. The predicted octanol–water partition coefficient (Wildman–Crippen LogP) is 23.6. The number of hydrogen-bond donors (Lipinski definition) is 0. The Kier molecular flexibility index (Phi) is 11.2. The molecule has 4 heteroatoms. The second-order valence-corrected chi connectivity index (χ2v) is 31.1. The topological polar surface area (TPSA) is 11.4 Å². The maximum Gasteiger partial charge on any atom is 0.252 e. The van der Waals surface area contributed by atoms with Crippen LogP contribution in [0.15, 0.2) is 376 Å². The Morgan fingerprint density at radius 3 is 1.04 bits per heavy atom. The van der Waals surface area contributed by atoms with Gasteiger partial charge in [-0.3, -0.25) is 0 Å². The summed E-state index contributed by atoms with van der Waals surface area (Å²) in [5.41, 5.74) is 46.1. The molecule has 500 valence electrons. The molecule has 3 heterocycles. The van der Waals surface area contributed by atoms with Gasteiger partial charge in [-0.05, 0) is 222 Å². The third kappa shape index (κ3) is 6.96. The fourth-order valence-corrected chi connectivity index (χ4v) is 22.8. The van der Waals surface area contributed by atoms with Gasteiger partial charge in [0.15, 0.2) is 0 Å². The van der Waals surface area contributed by atoms with Gasteiger partial charge >= 0.3 is 0 Å². The van der Waals surface area contributed by atoms with Crippen LogP contribution in [0.5, 0.6) is 0 Å². The van der Waals surface area contributed by atoms with E-state index in [4.69, 9.17) is 0 Å². The molecule has 0 fully saturated rings. The van der Waals surface area contributed by atoms with Crippen molar-refractivity contribution < 1.29 is 0 Å². The number of aromatic nitrogens is 1. The van der Waals surface area contributed by atoms with E-state index in [9.17, 15) is 0 Å². The van der Waals surface area contributed by atoms with E-state index in [2.05, 4.69) is 390 Å². The number of anilines is 6. The van der Waals surface area contributed by atoms with E-state index in [1.165, 1.54) is 183 Å². The average molecular weight is 1380 g/mol. The quantitative estimate of drug-likeness (QED) is 0.163. The number of fused-ring (bicyclic) bond motifs is 38. The van der Waals surface area contributed by atoms with Crippen molar-refractivity contribution in [1.29, 1.82) is 0 Å². The summed E-state index contributed by atoms with van der Waals surface area (Å²) in [4.78, 5) is 5.41. The molecule has 0 N–H and O–H groups in total. The van der Waals surface area contributed by atoms with Crippen LogP contribution in [-0.4, -0.2) is 11.3 Å². The summed E-state index contributed by atoms with van der Waals surface area (Å²) in [5.74, 6) is 0. The first-order chi connectivity index (χ1) is 54.1. The zero-order valence-corrected chi connectivity index (χ0v) is 59.2. The summed E-state index contributed by atoms with van der Waals surface area (Å²) in [6.07, 6.45) is 0. The number of para-hydroxylation sites is 2. The monoisotopic (exact) mass is 1380 g/mol. The maximum absolute atomic E-state index is 2.74. The van der Waals surface area contributed by atoms with Crippen molar-refractivity contribution in [3.63, 3.8) is 0 Å². The summed E-state index contributed by atoms with van der Waals surface area (Å²) >= 11 is 0. The van der Waals surface area contributed by atoms with E-state index in [0.717, 1.165) is 39.5 Å². The number of nitrogens with zero attached hydrogens (tertiary/aromatic N) is 3. The SMILES string of the molecule is c1ccc(-c2ccc(N3c4cc5c(cc4B4c6c3cc(-n3c7ccccc7c7ccccc73)cc6N(c3ccc6c(c3)-c3ccccc3C63c6ccccc6-c6ccccc63)c3ccc6c(c34)-c3ccccc3C63c4ccccc4-c4ccccc43)C3(c4ccccc4-c4ccccc43)c3ccccc3-5)cc2)cc1. The maximum atomic E-state index is 2.74. The first-order valence-corrected chi connectivity index (χ1v) is 38.4. The molecule has 0 saturated heterocycles. The fraction of sp³-hybridized carbons (Fsp3) is 0.0286. The molecular weight excluding hydrogens is 1310 g/mol. The lowest BCUT2D eigenvalue weighted by Crippen LogP contribution is -2.62.